The van der Waals surface area contributed by atoms with Crippen LogP contribution in [0.2, 0.25) is 5.02 Å². The molecule has 0 aliphatic heterocycles. The Labute approximate surface area is 140 Å². The Kier molecular flexibility index (Phi) is 5.77. The molecule has 0 aromatic heterocycles. The summed E-state index contributed by atoms with van der Waals surface area (Å²) >= 11 is 6.09. The van der Waals surface area contributed by atoms with E-state index in [9.17, 15) is 9.90 Å². The van der Waals surface area contributed by atoms with Crippen molar-refractivity contribution in [2.45, 2.75) is 31.6 Å². The molecule has 2 aromatic carbocycles. The van der Waals surface area contributed by atoms with E-state index < -0.39 is 5.72 Å². The van der Waals surface area contributed by atoms with Gasteiger partial charge in [0.15, 0.2) is 12.0 Å². The molecule has 2 aromatic rings. The van der Waals surface area contributed by atoms with Crippen LogP contribution in [-0.4, -0.2) is 11.4 Å². The third-order valence-electron chi connectivity index (χ3n) is 3.54. The molecule has 0 fully saturated rings. The average molecular weight is 334 g/mol. The molecule has 4 nitrogen and oxygen atoms in total. The Morgan fingerprint density at radius 1 is 1.30 bits per heavy atom. The lowest BCUT2D eigenvalue weighted by Crippen LogP contribution is -2.39. The van der Waals surface area contributed by atoms with Crippen molar-refractivity contribution in [2.75, 3.05) is 0 Å². The number of hydrogen-bond acceptors (Lipinski definition) is 4. The van der Waals surface area contributed by atoms with Crippen LogP contribution in [0.3, 0.4) is 0 Å². The molecule has 0 aliphatic rings. The third kappa shape index (κ3) is 4.32. The molecule has 23 heavy (non-hydrogen) atoms. The van der Waals surface area contributed by atoms with Gasteiger partial charge in [0.1, 0.15) is 11.9 Å². The van der Waals surface area contributed by atoms with E-state index in [1.54, 1.807) is 18.2 Å². The van der Waals surface area contributed by atoms with Gasteiger partial charge in [-0.15, -0.1) is 0 Å². The molecule has 5 heteroatoms. The van der Waals surface area contributed by atoms with Crippen molar-refractivity contribution in [3.63, 3.8) is 0 Å². The SMILES string of the molecule is CCCC(Oc1ccccc1)c1cc(Cl)ccc1C(N)(O)C=O. The van der Waals surface area contributed by atoms with Crippen LogP contribution >= 0.6 is 11.6 Å². The van der Waals surface area contributed by atoms with Gasteiger partial charge in [-0.05, 0) is 30.7 Å². The maximum Gasteiger partial charge on any atom is 0.197 e. The third-order valence-corrected chi connectivity index (χ3v) is 3.78. The van der Waals surface area contributed by atoms with Crippen LogP contribution in [0.15, 0.2) is 48.5 Å². The zero-order valence-electron chi connectivity index (χ0n) is 12.9. The number of benzene rings is 2. The van der Waals surface area contributed by atoms with Gasteiger partial charge in [0.2, 0.25) is 0 Å². The number of nitrogens with two attached hydrogens (primary N) is 1. The maximum atomic E-state index is 11.2. The van der Waals surface area contributed by atoms with Gasteiger partial charge >= 0.3 is 0 Å². The molecular formula is C18H20ClNO3. The summed E-state index contributed by atoms with van der Waals surface area (Å²) in [6.45, 7) is 2.03. The lowest BCUT2D eigenvalue weighted by atomic mass is 9.93. The molecule has 0 amide bonds. The zero-order chi connectivity index (χ0) is 16.9. The van der Waals surface area contributed by atoms with E-state index >= 15 is 0 Å². The van der Waals surface area contributed by atoms with Gasteiger partial charge in [0, 0.05) is 16.1 Å². The molecular weight excluding hydrogens is 314 g/mol. The first-order chi connectivity index (χ1) is 11.0. The van der Waals surface area contributed by atoms with Gasteiger partial charge in [-0.1, -0.05) is 49.2 Å². The Bertz CT molecular complexity index is 659. The van der Waals surface area contributed by atoms with Crippen molar-refractivity contribution in [3.8, 4) is 5.75 Å². The summed E-state index contributed by atoms with van der Waals surface area (Å²) in [6.07, 6.45) is 1.49. The van der Waals surface area contributed by atoms with Crippen molar-refractivity contribution in [2.24, 2.45) is 5.73 Å². The van der Waals surface area contributed by atoms with Gasteiger partial charge in [0.05, 0.1) is 0 Å². The van der Waals surface area contributed by atoms with Gasteiger partial charge in [-0.25, -0.2) is 0 Å². The Hall–Kier alpha value is -1.88. The number of carbonyl (C=O) groups is 1. The van der Waals surface area contributed by atoms with Crippen molar-refractivity contribution in [1.29, 1.82) is 0 Å². The summed E-state index contributed by atoms with van der Waals surface area (Å²) in [4.78, 5) is 11.2. The second kappa shape index (κ2) is 7.59. The normalized spacial score (nSPS) is 14.8. The predicted octanol–water partition coefficient (Wildman–Crippen LogP) is 3.56. The summed E-state index contributed by atoms with van der Waals surface area (Å²) in [5.41, 5.74) is 4.54. The van der Waals surface area contributed by atoms with Crippen LogP contribution < -0.4 is 10.5 Å². The summed E-state index contributed by atoms with van der Waals surface area (Å²) in [6, 6.07) is 14.2. The van der Waals surface area contributed by atoms with Gasteiger partial charge in [-0.3, -0.25) is 10.5 Å². The van der Waals surface area contributed by atoms with Crippen LogP contribution in [0.1, 0.15) is 37.0 Å². The van der Waals surface area contributed by atoms with Crippen LogP contribution in [0.25, 0.3) is 0 Å². The molecule has 0 radical (unpaired) electrons. The number of ether oxygens (including phenoxy) is 1. The second-order valence-corrected chi connectivity index (χ2v) is 5.82. The Morgan fingerprint density at radius 2 is 2.00 bits per heavy atom. The van der Waals surface area contributed by atoms with Crippen LogP contribution in [0.4, 0.5) is 0 Å². The number of hydrogen-bond donors (Lipinski definition) is 2. The smallest absolute Gasteiger partial charge is 0.197 e. The highest BCUT2D eigenvalue weighted by molar-refractivity contribution is 6.30. The van der Waals surface area contributed by atoms with E-state index in [0.717, 1.165) is 6.42 Å². The second-order valence-electron chi connectivity index (χ2n) is 5.38. The monoisotopic (exact) mass is 333 g/mol. The minimum Gasteiger partial charge on any atom is -0.486 e. The maximum absolute atomic E-state index is 11.2. The number of aldehydes is 1. The first kappa shape index (κ1) is 17.5. The standard InChI is InChI=1S/C18H20ClNO3/c1-2-6-17(23-14-7-4-3-5-8-14)15-11-13(19)9-10-16(15)18(20,22)12-21/h3-5,7-12,17,22H,2,6,20H2,1H3. The highest BCUT2D eigenvalue weighted by Gasteiger charge is 2.29. The molecule has 0 saturated carbocycles. The molecule has 0 saturated heterocycles. The Balaban J connectivity index is 2.45. The van der Waals surface area contributed by atoms with Crippen LogP contribution in [0.5, 0.6) is 5.75 Å². The highest BCUT2D eigenvalue weighted by Crippen LogP contribution is 2.33. The topological polar surface area (TPSA) is 72.6 Å². The number of aliphatic hydroxyl groups is 1. The van der Waals surface area contributed by atoms with Crippen molar-refractivity contribution >= 4 is 17.9 Å². The summed E-state index contributed by atoms with van der Waals surface area (Å²) in [5.74, 6) is 0.698. The molecule has 2 atom stereocenters. The van der Waals surface area contributed by atoms with Crippen molar-refractivity contribution < 1.29 is 14.6 Å². The van der Waals surface area contributed by atoms with Crippen LogP contribution in [-0.2, 0) is 10.5 Å². The molecule has 3 N–H and O–H groups in total. The minimum absolute atomic E-state index is 0.297. The number of para-hydroxylation sites is 1. The highest BCUT2D eigenvalue weighted by atomic mass is 35.5. The van der Waals surface area contributed by atoms with Crippen molar-refractivity contribution in [3.05, 3.63) is 64.7 Å². The van der Waals surface area contributed by atoms with E-state index in [4.69, 9.17) is 22.1 Å². The number of carbonyl (C=O) groups excluding carboxylic acids is 1. The Morgan fingerprint density at radius 3 is 2.61 bits per heavy atom. The lowest BCUT2D eigenvalue weighted by molar-refractivity contribution is -0.124. The molecule has 0 heterocycles. The van der Waals surface area contributed by atoms with E-state index in [1.807, 2.05) is 37.3 Å². The van der Waals surface area contributed by atoms with E-state index in [1.165, 1.54) is 0 Å². The fourth-order valence-electron chi connectivity index (χ4n) is 2.43. The summed E-state index contributed by atoms with van der Waals surface area (Å²) < 4.78 is 6.04. The summed E-state index contributed by atoms with van der Waals surface area (Å²) in [7, 11) is 0. The van der Waals surface area contributed by atoms with Crippen LogP contribution in [0, 0.1) is 0 Å². The quantitative estimate of drug-likeness (QED) is 0.600. The summed E-state index contributed by atoms with van der Waals surface area (Å²) in [5, 5.41) is 10.6. The fourth-order valence-corrected chi connectivity index (χ4v) is 2.61. The molecule has 0 bridgehead atoms. The predicted molar refractivity (Wildman–Crippen MR) is 90.3 cm³/mol. The van der Waals surface area contributed by atoms with Gasteiger partial charge in [-0.2, -0.15) is 0 Å². The first-order valence-corrected chi connectivity index (χ1v) is 7.85. The van der Waals surface area contributed by atoms with E-state index in [2.05, 4.69) is 0 Å². The largest absolute Gasteiger partial charge is 0.486 e. The molecule has 0 spiro atoms. The molecule has 0 aliphatic carbocycles. The molecule has 2 rings (SSSR count). The lowest BCUT2D eigenvalue weighted by Gasteiger charge is -2.26. The van der Waals surface area contributed by atoms with Crippen molar-refractivity contribution in [1.82, 2.24) is 0 Å². The fraction of sp³-hybridized carbons (Fsp3) is 0.278. The molecule has 122 valence electrons. The van der Waals surface area contributed by atoms with E-state index in [0.29, 0.717) is 34.6 Å². The zero-order valence-corrected chi connectivity index (χ0v) is 13.7. The minimum atomic E-state index is -2.08. The van der Waals surface area contributed by atoms with Gasteiger partial charge in [0.25, 0.3) is 0 Å². The molecule has 2 unspecified atom stereocenters. The number of halogens is 1. The first-order valence-electron chi connectivity index (χ1n) is 7.47. The van der Waals surface area contributed by atoms with Gasteiger partial charge < -0.3 is 9.84 Å². The van der Waals surface area contributed by atoms with E-state index in [-0.39, 0.29) is 6.10 Å². The average Bonchev–Trinajstić information content (AvgIpc) is 2.55. The number of rotatable bonds is 7.